The van der Waals surface area contributed by atoms with Gasteiger partial charge in [-0.2, -0.15) is 5.10 Å². The molecule has 0 unspecified atom stereocenters. The van der Waals surface area contributed by atoms with Crippen LogP contribution in [0.15, 0.2) is 24.8 Å². The van der Waals surface area contributed by atoms with Crippen molar-refractivity contribution < 1.29 is 0 Å². The summed E-state index contributed by atoms with van der Waals surface area (Å²) in [5, 5.41) is 4.38. The summed E-state index contributed by atoms with van der Waals surface area (Å²) in [5.41, 5.74) is 2.64. The van der Waals surface area contributed by atoms with Crippen LogP contribution in [-0.4, -0.2) is 50.8 Å². The molecule has 24 heavy (non-hydrogen) atoms. The number of hydrogen-bond acceptors (Lipinski definition) is 5. The van der Waals surface area contributed by atoms with Gasteiger partial charge in [-0.15, -0.1) is 0 Å². The lowest BCUT2D eigenvalue weighted by Crippen LogP contribution is -2.38. The molecule has 6 heteroatoms. The van der Waals surface area contributed by atoms with Crippen molar-refractivity contribution in [3.63, 3.8) is 0 Å². The second-order valence-electron chi connectivity index (χ2n) is 7.32. The van der Waals surface area contributed by atoms with E-state index in [9.17, 15) is 0 Å². The SMILES string of the molecule is Cc1c(CN2C[C@H]3CC[C@@H](N(C)c4cnccn4)[C@H]3C2)cnn1C. The monoisotopic (exact) mass is 326 g/mol. The van der Waals surface area contributed by atoms with E-state index in [1.54, 1.807) is 12.4 Å². The van der Waals surface area contributed by atoms with Crippen LogP contribution < -0.4 is 4.90 Å². The first kappa shape index (κ1) is 15.6. The fourth-order valence-corrected chi connectivity index (χ4v) is 4.52. The maximum atomic E-state index is 4.48. The van der Waals surface area contributed by atoms with E-state index < -0.39 is 0 Å². The van der Waals surface area contributed by atoms with Crippen molar-refractivity contribution in [3.8, 4) is 0 Å². The largest absolute Gasteiger partial charge is 0.355 e. The Kier molecular flexibility index (Phi) is 4.00. The highest BCUT2D eigenvalue weighted by Gasteiger charge is 2.44. The van der Waals surface area contributed by atoms with E-state index in [-0.39, 0.29) is 0 Å². The van der Waals surface area contributed by atoms with Gasteiger partial charge in [0.1, 0.15) is 5.82 Å². The molecule has 1 aliphatic carbocycles. The van der Waals surface area contributed by atoms with Crippen molar-refractivity contribution in [2.75, 3.05) is 25.0 Å². The van der Waals surface area contributed by atoms with Crippen LogP contribution in [0.2, 0.25) is 0 Å². The number of aryl methyl sites for hydroxylation is 1. The van der Waals surface area contributed by atoms with Crippen molar-refractivity contribution >= 4 is 5.82 Å². The number of hydrogen-bond donors (Lipinski definition) is 0. The Hall–Kier alpha value is -1.95. The second kappa shape index (κ2) is 6.16. The Labute approximate surface area is 143 Å². The maximum Gasteiger partial charge on any atom is 0.147 e. The molecule has 0 aromatic carbocycles. The first-order chi connectivity index (χ1) is 11.6. The Morgan fingerprint density at radius 2 is 2.08 bits per heavy atom. The van der Waals surface area contributed by atoms with E-state index in [2.05, 4.69) is 38.8 Å². The molecule has 6 nitrogen and oxygen atoms in total. The van der Waals surface area contributed by atoms with Crippen molar-refractivity contribution in [1.82, 2.24) is 24.6 Å². The average molecular weight is 326 g/mol. The summed E-state index contributed by atoms with van der Waals surface area (Å²) in [6.45, 7) is 5.57. The highest BCUT2D eigenvalue weighted by molar-refractivity contribution is 5.36. The van der Waals surface area contributed by atoms with Crippen LogP contribution in [0.1, 0.15) is 24.1 Å². The number of fused-ring (bicyclic) bond motifs is 1. The summed E-state index contributed by atoms with van der Waals surface area (Å²) in [6, 6.07) is 0.576. The second-order valence-corrected chi connectivity index (χ2v) is 7.32. The molecular formula is C18H26N6. The van der Waals surface area contributed by atoms with Crippen LogP contribution in [-0.2, 0) is 13.6 Å². The fourth-order valence-electron chi connectivity index (χ4n) is 4.52. The van der Waals surface area contributed by atoms with Gasteiger partial charge in [0.05, 0.1) is 12.4 Å². The summed E-state index contributed by atoms with van der Waals surface area (Å²) in [7, 11) is 4.19. The number of anilines is 1. The normalized spacial score (nSPS) is 26.7. The van der Waals surface area contributed by atoms with Crippen LogP contribution in [0.4, 0.5) is 5.82 Å². The zero-order chi connectivity index (χ0) is 16.7. The number of likely N-dealkylation sites (tertiary alicyclic amines) is 1. The van der Waals surface area contributed by atoms with Crippen LogP contribution >= 0.6 is 0 Å². The van der Waals surface area contributed by atoms with E-state index in [0.29, 0.717) is 6.04 Å². The first-order valence-corrected chi connectivity index (χ1v) is 8.82. The van der Waals surface area contributed by atoms with Crippen LogP contribution in [0.3, 0.4) is 0 Å². The molecule has 1 saturated heterocycles. The quantitative estimate of drug-likeness (QED) is 0.858. The van der Waals surface area contributed by atoms with Crippen molar-refractivity contribution in [2.24, 2.45) is 18.9 Å². The standard InChI is InChI=1S/C18H26N6/c1-13-15(8-21-23(13)3)11-24-10-14-4-5-17(16(14)12-24)22(2)18-9-19-6-7-20-18/h6-9,14,16-17H,4-5,10-12H2,1-3H3/t14-,16+,17-/m1/s1. The molecule has 0 spiro atoms. The zero-order valence-corrected chi connectivity index (χ0v) is 14.8. The summed E-state index contributed by atoms with van der Waals surface area (Å²) < 4.78 is 1.97. The average Bonchev–Trinajstić information content (AvgIpc) is 3.25. The van der Waals surface area contributed by atoms with Crippen LogP contribution in [0, 0.1) is 18.8 Å². The van der Waals surface area contributed by atoms with Crippen molar-refractivity contribution in [2.45, 2.75) is 32.4 Å². The Bertz CT molecular complexity index is 697. The van der Waals surface area contributed by atoms with Gasteiger partial charge in [0.15, 0.2) is 0 Å². The lowest BCUT2D eigenvalue weighted by Gasteiger charge is -2.30. The molecule has 3 heterocycles. The molecule has 2 aliphatic rings. The molecule has 0 bridgehead atoms. The molecular weight excluding hydrogens is 300 g/mol. The van der Waals surface area contributed by atoms with Crippen molar-refractivity contribution in [1.29, 1.82) is 0 Å². The summed E-state index contributed by atoms with van der Waals surface area (Å²) in [4.78, 5) is 13.6. The molecule has 4 rings (SSSR count). The van der Waals surface area contributed by atoms with Gasteiger partial charge in [-0.05, 0) is 31.6 Å². The van der Waals surface area contributed by atoms with Gasteiger partial charge >= 0.3 is 0 Å². The third-order valence-electron chi connectivity index (χ3n) is 6.03. The zero-order valence-electron chi connectivity index (χ0n) is 14.8. The highest BCUT2D eigenvalue weighted by Crippen LogP contribution is 2.41. The van der Waals surface area contributed by atoms with E-state index in [1.165, 1.54) is 37.2 Å². The predicted molar refractivity (Wildman–Crippen MR) is 93.7 cm³/mol. The first-order valence-electron chi connectivity index (χ1n) is 8.82. The van der Waals surface area contributed by atoms with E-state index in [4.69, 9.17) is 0 Å². The molecule has 1 saturated carbocycles. The molecule has 3 atom stereocenters. The molecule has 2 aromatic heterocycles. The predicted octanol–water partition coefficient (Wildman–Crippen LogP) is 1.87. The maximum absolute atomic E-state index is 4.48. The Morgan fingerprint density at radius 3 is 2.79 bits per heavy atom. The van der Waals surface area contributed by atoms with E-state index in [0.717, 1.165) is 24.2 Å². The smallest absolute Gasteiger partial charge is 0.147 e. The van der Waals surface area contributed by atoms with Gasteiger partial charge in [0, 0.05) is 63.4 Å². The van der Waals surface area contributed by atoms with E-state index >= 15 is 0 Å². The molecule has 0 amide bonds. The lowest BCUT2D eigenvalue weighted by atomic mass is 9.97. The summed E-state index contributed by atoms with van der Waals surface area (Å²) in [5.74, 6) is 2.53. The molecule has 128 valence electrons. The fraction of sp³-hybridized carbons (Fsp3) is 0.611. The minimum atomic E-state index is 0.576. The van der Waals surface area contributed by atoms with Gasteiger partial charge in [-0.1, -0.05) is 0 Å². The number of nitrogens with zero attached hydrogens (tertiary/aromatic N) is 6. The Balaban J connectivity index is 1.44. The van der Waals surface area contributed by atoms with Gasteiger partial charge in [0.2, 0.25) is 0 Å². The molecule has 2 aromatic rings. The van der Waals surface area contributed by atoms with E-state index in [1.807, 2.05) is 24.1 Å². The Morgan fingerprint density at radius 1 is 1.21 bits per heavy atom. The molecule has 2 fully saturated rings. The summed E-state index contributed by atoms with van der Waals surface area (Å²) in [6.07, 6.45) is 10.0. The van der Waals surface area contributed by atoms with Gasteiger partial charge in [0.25, 0.3) is 0 Å². The van der Waals surface area contributed by atoms with Crippen molar-refractivity contribution in [3.05, 3.63) is 36.0 Å². The topological polar surface area (TPSA) is 50.1 Å². The molecule has 0 N–H and O–H groups in total. The highest BCUT2D eigenvalue weighted by atomic mass is 15.3. The minimum absolute atomic E-state index is 0.576. The molecule has 0 radical (unpaired) electrons. The van der Waals surface area contributed by atoms with Gasteiger partial charge in [-0.25, -0.2) is 4.98 Å². The summed E-state index contributed by atoms with van der Waals surface area (Å²) >= 11 is 0. The lowest BCUT2D eigenvalue weighted by molar-refractivity contribution is 0.296. The number of aromatic nitrogens is 4. The molecule has 1 aliphatic heterocycles. The van der Waals surface area contributed by atoms with Gasteiger partial charge in [-0.3, -0.25) is 14.6 Å². The number of rotatable bonds is 4. The third-order valence-corrected chi connectivity index (χ3v) is 6.03. The minimum Gasteiger partial charge on any atom is -0.355 e. The van der Waals surface area contributed by atoms with Crippen LogP contribution in [0.5, 0.6) is 0 Å². The third kappa shape index (κ3) is 2.69. The van der Waals surface area contributed by atoms with Gasteiger partial charge < -0.3 is 4.90 Å². The van der Waals surface area contributed by atoms with Crippen LogP contribution in [0.25, 0.3) is 0 Å².